The topological polar surface area (TPSA) is 92.6 Å². The fourth-order valence-electron chi connectivity index (χ4n) is 5.37. The molecule has 1 saturated heterocycles. The number of alkyl halides is 2. The monoisotopic (exact) mass is 511 g/mol. The number of nitrogens with zero attached hydrogens (tertiary/aromatic N) is 4. The molecule has 1 unspecified atom stereocenters. The third-order valence-corrected chi connectivity index (χ3v) is 7.45. The summed E-state index contributed by atoms with van der Waals surface area (Å²) in [6.45, 7) is 2.24. The third-order valence-electron chi connectivity index (χ3n) is 7.45. The number of aliphatic hydroxyl groups is 1. The molecule has 0 radical (unpaired) electrons. The zero-order valence-electron chi connectivity index (χ0n) is 21.1. The smallest absolute Gasteiger partial charge is 0.387 e. The summed E-state index contributed by atoms with van der Waals surface area (Å²) in [5.41, 5.74) is 3.39. The van der Waals surface area contributed by atoms with Crippen LogP contribution in [0.5, 0.6) is 11.5 Å². The average molecular weight is 512 g/mol. The highest BCUT2D eigenvalue weighted by atomic mass is 19.3. The van der Waals surface area contributed by atoms with Crippen LogP contribution >= 0.6 is 0 Å². The molecule has 3 atom stereocenters. The van der Waals surface area contributed by atoms with Crippen molar-refractivity contribution in [3.63, 3.8) is 0 Å². The Morgan fingerprint density at radius 2 is 1.86 bits per heavy atom. The van der Waals surface area contributed by atoms with Crippen molar-refractivity contribution in [2.24, 2.45) is 0 Å². The van der Waals surface area contributed by atoms with Gasteiger partial charge in [0, 0.05) is 43.0 Å². The van der Waals surface area contributed by atoms with Crippen molar-refractivity contribution in [2.45, 2.75) is 57.4 Å². The number of ether oxygens (including phenoxy) is 2. The Bertz CT molecular complexity index is 1260. The minimum Gasteiger partial charge on any atom is -0.497 e. The van der Waals surface area contributed by atoms with Crippen LogP contribution in [0.3, 0.4) is 0 Å². The zero-order chi connectivity index (χ0) is 26.2. The van der Waals surface area contributed by atoms with E-state index in [1.54, 1.807) is 24.5 Å². The molecule has 37 heavy (non-hydrogen) atoms. The number of hydrogen-bond donors (Lipinski definition) is 2. The molecule has 8 nitrogen and oxygen atoms in total. The van der Waals surface area contributed by atoms with Crippen LogP contribution in [-0.4, -0.2) is 63.5 Å². The zero-order valence-corrected chi connectivity index (χ0v) is 21.1. The Kier molecular flexibility index (Phi) is 6.96. The fourth-order valence-corrected chi connectivity index (χ4v) is 5.37. The van der Waals surface area contributed by atoms with Gasteiger partial charge in [-0.2, -0.15) is 8.78 Å². The van der Waals surface area contributed by atoms with Gasteiger partial charge in [-0.15, -0.1) is 0 Å². The molecule has 1 spiro atoms. The standard InChI is InChI=1S/C27H31F2N5O3/c1-16(19-11-20(36-3)14-21(12-19)37-26(28)29)25(35)34-10-7-27(15-34)6-5-18-13-22(17(2)32-23(18)33-27)24-30-8-4-9-31-24/h4,8-9,11-14,16,25-26,35H,5-7,10,15H2,1-3H3,(H,32,33)/t16-,25?,27-/m0/s1. The van der Waals surface area contributed by atoms with Crippen LogP contribution in [0.25, 0.3) is 11.4 Å². The second kappa shape index (κ2) is 10.2. The molecule has 0 saturated carbocycles. The van der Waals surface area contributed by atoms with E-state index in [1.807, 2.05) is 18.7 Å². The first-order valence-electron chi connectivity index (χ1n) is 12.4. The molecule has 196 valence electrons. The van der Waals surface area contributed by atoms with Gasteiger partial charge in [-0.25, -0.2) is 15.0 Å². The molecule has 2 aromatic heterocycles. The van der Waals surface area contributed by atoms with Gasteiger partial charge in [0.1, 0.15) is 23.5 Å². The molecular formula is C27H31F2N5O3. The van der Waals surface area contributed by atoms with E-state index < -0.39 is 12.8 Å². The van der Waals surface area contributed by atoms with Crippen LogP contribution in [0.2, 0.25) is 0 Å². The first-order chi connectivity index (χ1) is 17.8. The summed E-state index contributed by atoms with van der Waals surface area (Å²) < 4.78 is 35.4. The maximum Gasteiger partial charge on any atom is 0.387 e. The molecule has 2 aliphatic rings. The summed E-state index contributed by atoms with van der Waals surface area (Å²) in [5, 5.41) is 14.9. The lowest BCUT2D eigenvalue weighted by Gasteiger charge is -2.37. The van der Waals surface area contributed by atoms with Crippen molar-refractivity contribution < 1.29 is 23.4 Å². The van der Waals surface area contributed by atoms with Crippen LogP contribution in [0.1, 0.15) is 42.5 Å². The average Bonchev–Trinajstić information content (AvgIpc) is 3.30. The highest BCUT2D eigenvalue weighted by Gasteiger charge is 2.43. The highest BCUT2D eigenvalue weighted by molar-refractivity contribution is 5.64. The largest absolute Gasteiger partial charge is 0.497 e. The number of pyridine rings is 1. The molecule has 1 aromatic carbocycles. The van der Waals surface area contributed by atoms with Crippen LogP contribution in [0, 0.1) is 6.92 Å². The van der Waals surface area contributed by atoms with E-state index in [9.17, 15) is 13.9 Å². The van der Waals surface area contributed by atoms with Gasteiger partial charge in [-0.1, -0.05) is 6.92 Å². The Balaban J connectivity index is 1.31. The number of nitrogens with one attached hydrogen (secondary N) is 1. The summed E-state index contributed by atoms with van der Waals surface area (Å²) in [7, 11) is 1.47. The van der Waals surface area contributed by atoms with Gasteiger partial charge < -0.3 is 19.9 Å². The number of anilines is 1. The number of rotatable bonds is 7. The van der Waals surface area contributed by atoms with Crippen molar-refractivity contribution in [1.82, 2.24) is 19.9 Å². The summed E-state index contributed by atoms with van der Waals surface area (Å²) in [6, 6.07) is 8.60. The molecule has 2 aliphatic heterocycles. The van der Waals surface area contributed by atoms with Crippen molar-refractivity contribution in [1.29, 1.82) is 0 Å². The number of halogens is 2. The number of benzene rings is 1. The molecular weight excluding hydrogens is 480 g/mol. The van der Waals surface area contributed by atoms with Gasteiger partial charge in [0.05, 0.1) is 18.3 Å². The van der Waals surface area contributed by atoms with E-state index >= 15 is 0 Å². The van der Waals surface area contributed by atoms with Gasteiger partial charge in [0.25, 0.3) is 0 Å². The van der Waals surface area contributed by atoms with E-state index in [4.69, 9.17) is 9.72 Å². The maximum absolute atomic E-state index is 12.8. The molecule has 1 fully saturated rings. The van der Waals surface area contributed by atoms with E-state index in [1.165, 1.54) is 19.2 Å². The second-order valence-electron chi connectivity index (χ2n) is 9.85. The first-order valence-corrected chi connectivity index (χ1v) is 12.4. The van der Waals surface area contributed by atoms with Gasteiger partial charge in [0.2, 0.25) is 0 Å². The molecule has 0 amide bonds. The van der Waals surface area contributed by atoms with E-state index in [2.05, 4.69) is 26.1 Å². The Morgan fingerprint density at radius 3 is 2.59 bits per heavy atom. The Morgan fingerprint density at radius 1 is 1.11 bits per heavy atom. The lowest BCUT2D eigenvalue weighted by Crippen LogP contribution is -2.47. The van der Waals surface area contributed by atoms with Crippen molar-refractivity contribution in [3.05, 3.63) is 59.5 Å². The number of likely N-dealkylation sites (tertiary alicyclic amines) is 1. The molecule has 2 N–H and O–H groups in total. The van der Waals surface area contributed by atoms with E-state index in [-0.39, 0.29) is 17.2 Å². The van der Waals surface area contributed by atoms with Crippen molar-refractivity contribution in [3.8, 4) is 22.9 Å². The lowest BCUT2D eigenvalue weighted by molar-refractivity contribution is -0.0500. The number of hydrogen-bond acceptors (Lipinski definition) is 8. The van der Waals surface area contributed by atoms with Crippen molar-refractivity contribution >= 4 is 5.82 Å². The van der Waals surface area contributed by atoms with E-state index in [0.717, 1.165) is 41.9 Å². The van der Waals surface area contributed by atoms with Gasteiger partial charge in [-0.05, 0) is 61.6 Å². The fraction of sp³-hybridized carbons (Fsp3) is 0.444. The van der Waals surface area contributed by atoms with Gasteiger partial charge >= 0.3 is 6.61 Å². The molecule has 3 aromatic rings. The quantitative estimate of drug-likeness (QED) is 0.483. The molecule has 5 rings (SSSR count). The predicted molar refractivity (Wildman–Crippen MR) is 135 cm³/mol. The first kappa shape index (κ1) is 25.3. The second-order valence-corrected chi connectivity index (χ2v) is 9.85. The summed E-state index contributed by atoms with van der Waals surface area (Å²) in [5.74, 6) is 1.59. The molecule has 0 aliphatic carbocycles. The Labute approximate surface area is 214 Å². The molecule has 10 heteroatoms. The third kappa shape index (κ3) is 5.21. The van der Waals surface area contributed by atoms with E-state index in [0.29, 0.717) is 30.2 Å². The molecule has 0 bridgehead atoms. The SMILES string of the molecule is COc1cc(OC(F)F)cc([C@H](C)C(O)N2CC[C@@]3(CCc4cc(-c5ncccn5)c(C)nc4N3)C2)c1. The highest BCUT2D eigenvalue weighted by Crippen LogP contribution is 2.40. The summed E-state index contributed by atoms with van der Waals surface area (Å²) in [6.07, 6.45) is 5.28. The predicted octanol–water partition coefficient (Wildman–Crippen LogP) is 4.38. The number of fused-ring (bicyclic) bond motifs is 1. The number of aryl methyl sites for hydroxylation is 2. The van der Waals surface area contributed by atoms with Gasteiger partial charge in [-0.3, -0.25) is 4.90 Å². The number of methoxy groups -OCH3 is 1. The summed E-state index contributed by atoms with van der Waals surface area (Å²) >= 11 is 0. The minimum absolute atomic E-state index is 0.00793. The van der Waals surface area contributed by atoms with Gasteiger partial charge in [0.15, 0.2) is 5.82 Å². The van der Waals surface area contributed by atoms with Crippen LogP contribution in [-0.2, 0) is 6.42 Å². The van der Waals surface area contributed by atoms with Crippen molar-refractivity contribution in [2.75, 3.05) is 25.5 Å². The van der Waals surface area contributed by atoms with Crippen LogP contribution in [0.15, 0.2) is 42.7 Å². The normalized spacial score (nSPS) is 20.9. The minimum atomic E-state index is -2.94. The van der Waals surface area contributed by atoms with Crippen LogP contribution in [0.4, 0.5) is 14.6 Å². The van der Waals surface area contributed by atoms with Crippen LogP contribution < -0.4 is 14.8 Å². The summed E-state index contributed by atoms with van der Waals surface area (Å²) in [4.78, 5) is 15.6. The molecule has 4 heterocycles. The Hall–Kier alpha value is -3.37. The lowest BCUT2D eigenvalue weighted by atomic mass is 9.86. The number of aromatic nitrogens is 3. The maximum atomic E-state index is 12.8. The number of aliphatic hydroxyl groups excluding tert-OH is 1.